The van der Waals surface area contributed by atoms with Gasteiger partial charge in [-0.05, 0) is 48.2 Å². The highest BCUT2D eigenvalue weighted by atomic mass is 35.5. The number of rotatable bonds is 6. The van der Waals surface area contributed by atoms with E-state index in [9.17, 15) is 14.4 Å². The summed E-state index contributed by atoms with van der Waals surface area (Å²) < 4.78 is 10.4. The number of nitrogens with one attached hydrogen (secondary N) is 1. The van der Waals surface area contributed by atoms with Gasteiger partial charge < -0.3 is 14.5 Å². The first-order valence-electron chi connectivity index (χ1n) is 9.17. The van der Waals surface area contributed by atoms with Crippen LogP contribution in [0.1, 0.15) is 42.3 Å². The topological polar surface area (TPSA) is 85.6 Å². The van der Waals surface area contributed by atoms with Crippen molar-refractivity contribution in [1.29, 1.82) is 0 Å². The highest BCUT2D eigenvalue weighted by Crippen LogP contribution is 2.21. The van der Waals surface area contributed by atoms with Gasteiger partial charge in [-0.3, -0.25) is 9.59 Å². The standard InChI is InChI=1S/C22H20ClNO5/c1-3-13(2)14-4-7-16(8-5-14)24-21(26)12-28-22(27)20-11-18(25)17-10-15(23)6-9-19(17)29-20/h4-11,13H,3,12H2,1-2H3,(H,24,26)/t13-/m1/s1. The van der Waals surface area contributed by atoms with Crippen molar-refractivity contribution in [3.8, 4) is 0 Å². The quantitative estimate of drug-likeness (QED) is 0.589. The Morgan fingerprint density at radius 3 is 2.55 bits per heavy atom. The molecule has 0 saturated heterocycles. The van der Waals surface area contributed by atoms with E-state index >= 15 is 0 Å². The lowest BCUT2D eigenvalue weighted by Crippen LogP contribution is -2.21. The lowest BCUT2D eigenvalue weighted by molar-refractivity contribution is -0.119. The maximum Gasteiger partial charge on any atom is 0.374 e. The molecule has 1 heterocycles. The lowest BCUT2D eigenvalue weighted by atomic mass is 9.99. The highest BCUT2D eigenvalue weighted by molar-refractivity contribution is 6.31. The molecule has 0 unspecified atom stereocenters. The lowest BCUT2D eigenvalue weighted by Gasteiger charge is -2.10. The zero-order chi connectivity index (χ0) is 21.0. The Labute approximate surface area is 172 Å². The minimum absolute atomic E-state index is 0.208. The predicted octanol–water partition coefficient (Wildman–Crippen LogP) is 4.76. The Hall–Kier alpha value is -3.12. The highest BCUT2D eigenvalue weighted by Gasteiger charge is 2.16. The van der Waals surface area contributed by atoms with E-state index in [0.717, 1.165) is 12.5 Å². The van der Waals surface area contributed by atoms with Crippen molar-refractivity contribution >= 4 is 40.1 Å². The molecule has 0 fully saturated rings. The van der Waals surface area contributed by atoms with Gasteiger partial charge in [-0.1, -0.05) is 37.6 Å². The van der Waals surface area contributed by atoms with Crippen molar-refractivity contribution in [1.82, 2.24) is 0 Å². The molecule has 0 aliphatic heterocycles. The minimum Gasteiger partial charge on any atom is -0.450 e. The molecule has 7 heteroatoms. The second kappa shape index (κ2) is 8.92. The number of halogens is 1. The number of carbonyl (C=O) groups excluding carboxylic acids is 2. The molecule has 1 atom stereocenters. The molecule has 6 nitrogen and oxygen atoms in total. The first-order chi connectivity index (χ1) is 13.9. The Balaban J connectivity index is 1.61. The van der Waals surface area contributed by atoms with Crippen molar-refractivity contribution in [2.24, 2.45) is 0 Å². The van der Waals surface area contributed by atoms with Crippen molar-refractivity contribution in [2.45, 2.75) is 26.2 Å². The zero-order valence-electron chi connectivity index (χ0n) is 16.0. The molecule has 0 saturated carbocycles. The Morgan fingerprint density at radius 2 is 1.86 bits per heavy atom. The van der Waals surface area contributed by atoms with Gasteiger partial charge in [0.1, 0.15) is 5.58 Å². The fraction of sp³-hybridized carbons (Fsp3) is 0.227. The van der Waals surface area contributed by atoms with E-state index in [2.05, 4.69) is 19.2 Å². The van der Waals surface area contributed by atoms with Crippen molar-refractivity contribution in [2.75, 3.05) is 11.9 Å². The summed E-state index contributed by atoms with van der Waals surface area (Å²) in [7, 11) is 0. The third-order valence-corrected chi connectivity index (χ3v) is 4.84. The van der Waals surface area contributed by atoms with E-state index in [1.807, 2.05) is 12.1 Å². The summed E-state index contributed by atoms with van der Waals surface area (Å²) in [5.74, 6) is -1.24. The molecule has 150 valence electrons. The molecule has 0 bridgehead atoms. The van der Waals surface area contributed by atoms with Crippen LogP contribution in [-0.4, -0.2) is 18.5 Å². The van der Waals surface area contributed by atoms with Gasteiger partial charge >= 0.3 is 5.97 Å². The van der Waals surface area contributed by atoms with Gasteiger partial charge in [0.15, 0.2) is 12.0 Å². The van der Waals surface area contributed by atoms with Gasteiger partial charge in [0.25, 0.3) is 5.91 Å². The van der Waals surface area contributed by atoms with E-state index < -0.39 is 23.9 Å². The Bertz CT molecular complexity index is 1100. The number of esters is 1. The molecule has 1 amide bonds. The zero-order valence-corrected chi connectivity index (χ0v) is 16.8. The van der Waals surface area contributed by atoms with Crippen LogP contribution in [0.25, 0.3) is 11.0 Å². The number of fused-ring (bicyclic) bond motifs is 1. The minimum atomic E-state index is -0.902. The van der Waals surface area contributed by atoms with Gasteiger partial charge in [0, 0.05) is 16.8 Å². The van der Waals surface area contributed by atoms with E-state index in [0.29, 0.717) is 16.6 Å². The molecule has 1 N–H and O–H groups in total. The van der Waals surface area contributed by atoms with Crippen LogP contribution in [0.4, 0.5) is 5.69 Å². The smallest absolute Gasteiger partial charge is 0.374 e. The molecule has 3 aromatic rings. The molecule has 0 aliphatic carbocycles. The molecule has 0 aliphatic rings. The van der Waals surface area contributed by atoms with E-state index in [-0.39, 0.29) is 16.7 Å². The average molecular weight is 414 g/mol. The third-order valence-electron chi connectivity index (χ3n) is 4.60. The number of ether oxygens (including phenoxy) is 1. The van der Waals surface area contributed by atoms with Crippen LogP contribution >= 0.6 is 11.6 Å². The number of amides is 1. The van der Waals surface area contributed by atoms with Gasteiger partial charge in [0.05, 0.1) is 5.39 Å². The van der Waals surface area contributed by atoms with Crippen LogP contribution in [0.3, 0.4) is 0 Å². The summed E-state index contributed by atoms with van der Waals surface area (Å²) in [6, 6.07) is 13.0. The van der Waals surface area contributed by atoms with E-state index in [1.165, 1.54) is 17.7 Å². The summed E-state index contributed by atoms with van der Waals surface area (Å²) in [6.07, 6.45) is 1.03. The Kier molecular flexibility index (Phi) is 6.34. The molecule has 2 aromatic carbocycles. The van der Waals surface area contributed by atoms with Crippen LogP contribution in [-0.2, 0) is 9.53 Å². The third kappa shape index (κ3) is 5.03. The maximum absolute atomic E-state index is 12.2. The summed E-state index contributed by atoms with van der Waals surface area (Å²) in [4.78, 5) is 36.3. The molecular formula is C22H20ClNO5. The van der Waals surface area contributed by atoms with Crippen molar-refractivity contribution in [3.63, 3.8) is 0 Å². The van der Waals surface area contributed by atoms with Crippen LogP contribution < -0.4 is 10.7 Å². The van der Waals surface area contributed by atoms with Crippen LogP contribution in [0.15, 0.2) is 57.7 Å². The fourth-order valence-corrected chi connectivity index (χ4v) is 2.93. The van der Waals surface area contributed by atoms with Crippen molar-refractivity contribution in [3.05, 3.63) is 75.1 Å². The molecule has 1 aromatic heterocycles. The molecule has 0 spiro atoms. The average Bonchev–Trinajstić information content (AvgIpc) is 2.72. The number of hydrogen-bond acceptors (Lipinski definition) is 5. The van der Waals surface area contributed by atoms with Gasteiger partial charge in [-0.2, -0.15) is 0 Å². The molecular weight excluding hydrogens is 394 g/mol. The summed E-state index contributed by atoms with van der Waals surface area (Å²) in [6.45, 7) is 3.74. The van der Waals surface area contributed by atoms with Crippen molar-refractivity contribution < 1.29 is 18.7 Å². The maximum atomic E-state index is 12.2. The Morgan fingerprint density at radius 1 is 1.14 bits per heavy atom. The fourth-order valence-electron chi connectivity index (χ4n) is 2.76. The summed E-state index contributed by atoms with van der Waals surface area (Å²) in [5, 5.41) is 3.30. The van der Waals surface area contributed by atoms with Gasteiger partial charge in [-0.25, -0.2) is 4.79 Å². The second-order valence-electron chi connectivity index (χ2n) is 6.67. The number of carbonyl (C=O) groups is 2. The number of hydrogen-bond donors (Lipinski definition) is 1. The SMILES string of the molecule is CC[C@@H](C)c1ccc(NC(=O)COC(=O)c2cc(=O)c3cc(Cl)ccc3o2)cc1. The first kappa shape index (κ1) is 20.6. The van der Waals surface area contributed by atoms with Crippen LogP contribution in [0.5, 0.6) is 0 Å². The van der Waals surface area contributed by atoms with E-state index in [4.69, 9.17) is 20.8 Å². The predicted molar refractivity (Wildman–Crippen MR) is 112 cm³/mol. The summed E-state index contributed by atoms with van der Waals surface area (Å²) in [5.41, 5.74) is 1.57. The molecule has 29 heavy (non-hydrogen) atoms. The number of anilines is 1. The largest absolute Gasteiger partial charge is 0.450 e. The van der Waals surface area contributed by atoms with Crippen LogP contribution in [0.2, 0.25) is 5.02 Å². The number of benzene rings is 2. The molecule has 0 radical (unpaired) electrons. The molecule has 3 rings (SSSR count). The first-order valence-corrected chi connectivity index (χ1v) is 9.55. The van der Waals surface area contributed by atoms with Gasteiger partial charge in [0.2, 0.25) is 5.76 Å². The summed E-state index contributed by atoms with van der Waals surface area (Å²) >= 11 is 5.86. The van der Waals surface area contributed by atoms with E-state index in [1.54, 1.807) is 18.2 Å². The second-order valence-corrected chi connectivity index (χ2v) is 7.11. The van der Waals surface area contributed by atoms with Crippen LogP contribution in [0, 0.1) is 0 Å². The normalized spacial score (nSPS) is 11.8. The van der Waals surface area contributed by atoms with Gasteiger partial charge in [-0.15, -0.1) is 0 Å². The monoisotopic (exact) mass is 413 g/mol.